The van der Waals surface area contributed by atoms with Crippen LogP contribution < -0.4 is 14.9 Å². The van der Waals surface area contributed by atoms with Gasteiger partial charge < -0.3 is 10.2 Å². The van der Waals surface area contributed by atoms with Crippen molar-refractivity contribution >= 4 is 38.1 Å². The number of amides is 1. The van der Waals surface area contributed by atoms with Crippen LogP contribution in [0.3, 0.4) is 0 Å². The fourth-order valence-corrected chi connectivity index (χ4v) is 4.90. The Labute approximate surface area is 156 Å². The SMILES string of the molecule is CC(=O)Nc1nnc(S(=O)(=O)NCC2CCN(c3ccc(C)cc3)C2)s1. The van der Waals surface area contributed by atoms with E-state index in [1.54, 1.807) is 0 Å². The molecule has 1 aromatic carbocycles. The number of nitrogens with zero attached hydrogens (tertiary/aromatic N) is 3. The molecule has 1 amide bonds. The van der Waals surface area contributed by atoms with Crippen LogP contribution >= 0.6 is 11.3 Å². The van der Waals surface area contributed by atoms with Gasteiger partial charge in [-0.1, -0.05) is 29.0 Å². The number of carbonyl (C=O) groups excluding carboxylic acids is 1. The third kappa shape index (κ3) is 4.57. The maximum Gasteiger partial charge on any atom is 0.269 e. The van der Waals surface area contributed by atoms with E-state index >= 15 is 0 Å². The van der Waals surface area contributed by atoms with Crippen molar-refractivity contribution in [3.8, 4) is 0 Å². The lowest BCUT2D eigenvalue weighted by molar-refractivity contribution is -0.114. The first-order valence-electron chi connectivity index (χ1n) is 8.26. The van der Waals surface area contributed by atoms with Gasteiger partial charge in [-0.3, -0.25) is 4.79 Å². The van der Waals surface area contributed by atoms with E-state index in [-0.39, 0.29) is 21.3 Å². The van der Waals surface area contributed by atoms with Gasteiger partial charge in [-0.15, -0.1) is 10.2 Å². The minimum Gasteiger partial charge on any atom is -0.371 e. The van der Waals surface area contributed by atoms with Gasteiger partial charge in [0.1, 0.15) is 0 Å². The van der Waals surface area contributed by atoms with Gasteiger partial charge in [0.2, 0.25) is 15.4 Å². The van der Waals surface area contributed by atoms with Gasteiger partial charge in [0.05, 0.1) is 0 Å². The fourth-order valence-electron chi connectivity index (χ4n) is 2.80. The summed E-state index contributed by atoms with van der Waals surface area (Å²) in [5.41, 5.74) is 2.37. The molecule has 8 nitrogen and oxygen atoms in total. The summed E-state index contributed by atoms with van der Waals surface area (Å²) >= 11 is 0.834. The predicted octanol–water partition coefficient (Wildman–Crippen LogP) is 1.61. The smallest absolute Gasteiger partial charge is 0.269 e. The van der Waals surface area contributed by atoms with E-state index < -0.39 is 10.0 Å². The van der Waals surface area contributed by atoms with Crippen molar-refractivity contribution in [3.05, 3.63) is 29.8 Å². The zero-order valence-electron chi connectivity index (χ0n) is 14.6. The van der Waals surface area contributed by atoms with Crippen LogP contribution in [0.4, 0.5) is 10.8 Å². The second kappa shape index (κ2) is 7.68. The van der Waals surface area contributed by atoms with Crippen LogP contribution in [0.5, 0.6) is 0 Å². The Kier molecular flexibility index (Phi) is 5.54. The number of sulfonamides is 1. The largest absolute Gasteiger partial charge is 0.371 e. The molecule has 0 saturated carbocycles. The molecule has 1 saturated heterocycles. The molecule has 0 bridgehead atoms. The highest BCUT2D eigenvalue weighted by Crippen LogP contribution is 2.25. The molecule has 2 N–H and O–H groups in total. The van der Waals surface area contributed by atoms with Crippen LogP contribution in [0.2, 0.25) is 0 Å². The van der Waals surface area contributed by atoms with Crippen LogP contribution in [0.25, 0.3) is 0 Å². The highest BCUT2D eigenvalue weighted by Gasteiger charge is 2.26. The van der Waals surface area contributed by atoms with Gasteiger partial charge in [-0.05, 0) is 31.4 Å². The number of hydrogen-bond donors (Lipinski definition) is 2. The molecule has 0 aliphatic carbocycles. The molecule has 1 unspecified atom stereocenters. The average Bonchev–Trinajstić information content (AvgIpc) is 3.23. The monoisotopic (exact) mass is 395 g/mol. The third-order valence-corrected chi connectivity index (χ3v) is 6.80. The Balaban J connectivity index is 1.56. The van der Waals surface area contributed by atoms with Gasteiger partial charge in [0.25, 0.3) is 10.0 Å². The van der Waals surface area contributed by atoms with E-state index in [4.69, 9.17) is 0 Å². The highest BCUT2D eigenvalue weighted by atomic mass is 32.2. The number of aromatic nitrogens is 2. The second-order valence-electron chi connectivity index (χ2n) is 6.34. The van der Waals surface area contributed by atoms with Crippen molar-refractivity contribution in [2.24, 2.45) is 5.92 Å². The molecule has 26 heavy (non-hydrogen) atoms. The van der Waals surface area contributed by atoms with Crippen LogP contribution in [0.1, 0.15) is 18.9 Å². The molecule has 2 aromatic rings. The minimum absolute atomic E-state index is 0.144. The van der Waals surface area contributed by atoms with Crippen molar-refractivity contribution in [2.45, 2.75) is 24.6 Å². The summed E-state index contributed by atoms with van der Waals surface area (Å²) in [6, 6.07) is 8.33. The van der Waals surface area contributed by atoms with Gasteiger partial charge >= 0.3 is 0 Å². The lowest BCUT2D eigenvalue weighted by Gasteiger charge is -2.19. The molecule has 140 valence electrons. The van der Waals surface area contributed by atoms with E-state index in [0.717, 1.165) is 36.5 Å². The van der Waals surface area contributed by atoms with Crippen LogP contribution in [-0.4, -0.2) is 44.2 Å². The van der Waals surface area contributed by atoms with Crippen LogP contribution in [-0.2, 0) is 14.8 Å². The van der Waals surface area contributed by atoms with Crippen molar-refractivity contribution in [1.29, 1.82) is 0 Å². The molecule has 3 rings (SSSR count). The van der Waals surface area contributed by atoms with Gasteiger partial charge in [0.15, 0.2) is 0 Å². The zero-order valence-corrected chi connectivity index (χ0v) is 16.2. The maximum absolute atomic E-state index is 12.3. The maximum atomic E-state index is 12.3. The molecule has 1 atom stereocenters. The van der Waals surface area contributed by atoms with E-state index in [9.17, 15) is 13.2 Å². The second-order valence-corrected chi connectivity index (χ2v) is 9.26. The summed E-state index contributed by atoms with van der Waals surface area (Å²) in [7, 11) is -3.73. The number of anilines is 2. The van der Waals surface area contributed by atoms with Crippen molar-refractivity contribution in [2.75, 3.05) is 29.9 Å². The normalized spacial score (nSPS) is 17.5. The minimum atomic E-state index is -3.73. The fraction of sp³-hybridized carbons (Fsp3) is 0.438. The number of nitrogens with one attached hydrogen (secondary N) is 2. The van der Waals surface area contributed by atoms with Gasteiger partial charge in [0, 0.05) is 32.2 Å². The number of aryl methyl sites for hydroxylation is 1. The summed E-state index contributed by atoms with van der Waals surface area (Å²) in [5.74, 6) is -0.0889. The third-order valence-electron chi connectivity index (χ3n) is 4.17. The molecule has 1 aliphatic rings. The number of rotatable bonds is 6. The summed E-state index contributed by atoms with van der Waals surface area (Å²) in [4.78, 5) is 13.3. The summed E-state index contributed by atoms with van der Waals surface area (Å²) < 4.78 is 27.2. The number of hydrogen-bond acceptors (Lipinski definition) is 7. The Bertz CT molecular complexity index is 880. The first-order valence-corrected chi connectivity index (χ1v) is 10.6. The lowest BCUT2D eigenvalue weighted by atomic mass is 10.1. The topological polar surface area (TPSA) is 104 Å². The molecular formula is C16H21N5O3S2. The molecule has 1 fully saturated rings. The summed E-state index contributed by atoms with van der Waals surface area (Å²) in [6.07, 6.45) is 0.920. The Morgan fingerprint density at radius 1 is 1.31 bits per heavy atom. The van der Waals surface area contributed by atoms with E-state index in [0.29, 0.717) is 6.54 Å². The Morgan fingerprint density at radius 3 is 2.73 bits per heavy atom. The lowest BCUT2D eigenvalue weighted by Crippen LogP contribution is -2.31. The zero-order chi connectivity index (χ0) is 18.7. The van der Waals surface area contributed by atoms with E-state index in [2.05, 4.69) is 56.3 Å². The predicted molar refractivity (Wildman–Crippen MR) is 101 cm³/mol. The van der Waals surface area contributed by atoms with Crippen LogP contribution in [0.15, 0.2) is 28.6 Å². The summed E-state index contributed by atoms with van der Waals surface area (Å²) in [5, 5.41) is 9.92. The van der Waals surface area contributed by atoms with Crippen molar-refractivity contribution in [1.82, 2.24) is 14.9 Å². The first kappa shape index (κ1) is 18.7. The quantitative estimate of drug-likeness (QED) is 0.720. The Morgan fingerprint density at radius 2 is 2.04 bits per heavy atom. The summed E-state index contributed by atoms with van der Waals surface area (Å²) in [6.45, 7) is 5.43. The molecule has 2 heterocycles. The van der Waals surface area contributed by atoms with Crippen molar-refractivity contribution in [3.63, 3.8) is 0 Å². The molecule has 0 radical (unpaired) electrons. The molecular weight excluding hydrogens is 374 g/mol. The number of carbonyl (C=O) groups is 1. The average molecular weight is 396 g/mol. The first-order chi connectivity index (χ1) is 12.3. The van der Waals surface area contributed by atoms with Crippen molar-refractivity contribution < 1.29 is 13.2 Å². The highest BCUT2D eigenvalue weighted by molar-refractivity contribution is 7.91. The number of benzene rings is 1. The van der Waals surface area contributed by atoms with Gasteiger partial charge in [-0.25, -0.2) is 13.1 Å². The van der Waals surface area contributed by atoms with Crippen LogP contribution in [0, 0.1) is 12.8 Å². The standard InChI is InChI=1S/C16H21N5O3S2/c1-11-3-5-14(6-4-11)21-8-7-13(10-21)9-17-26(23,24)16-20-19-15(25-16)18-12(2)22/h3-6,13,17H,7-10H2,1-2H3,(H,18,19,22). The Hall–Kier alpha value is -2.04. The molecule has 1 aliphatic heterocycles. The van der Waals surface area contributed by atoms with E-state index in [1.165, 1.54) is 12.5 Å². The molecule has 1 aromatic heterocycles. The molecule has 10 heteroatoms. The molecule has 0 spiro atoms. The van der Waals surface area contributed by atoms with E-state index in [1.807, 2.05) is 0 Å². The van der Waals surface area contributed by atoms with Gasteiger partial charge in [-0.2, -0.15) is 0 Å².